The van der Waals surface area contributed by atoms with Gasteiger partial charge in [0.2, 0.25) is 0 Å². The molecule has 0 fully saturated rings. The van der Waals surface area contributed by atoms with Crippen molar-refractivity contribution in [2.45, 2.75) is 13.3 Å². The predicted molar refractivity (Wildman–Crippen MR) is 113 cm³/mol. The van der Waals surface area contributed by atoms with Crippen molar-refractivity contribution in [2.24, 2.45) is 0 Å². The van der Waals surface area contributed by atoms with E-state index in [4.69, 9.17) is 13.9 Å². The highest BCUT2D eigenvalue weighted by atomic mass is 32.1. The molecule has 0 aliphatic rings. The fourth-order valence-corrected chi connectivity index (χ4v) is 3.69. The van der Waals surface area contributed by atoms with Crippen molar-refractivity contribution in [2.75, 3.05) is 6.61 Å². The first-order valence-corrected chi connectivity index (χ1v) is 9.99. The number of esters is 1. The first-order chi connectivity index (χ1) is 14.1. The van der Waals surface area contributed by atoms with Gasteiger partial charge in [0.25, 0.3) is 0 Å². The summed E-state index contributed by atoms with van der Waals surface area (Å²) in [5, 5.41) is 0. The number of carbonyl (C=O) groups excluding carboxylic acids is 1. The maximum absolute atomic E-state index is 12.3. The van der Waals surface area contributed by atoms with Gasteiger partial charge in [0, 0.05) is 11.6 Å². The summed E-state index contributed by atoms with van der Waals surface area (Å²) in [5.41, 5.74) is 3.24. The molecule has 0 bridgehead atoms. The van der Waals surface area contributed by atoms with Crippen LogP contribution in [0.15, 0.2) is 75.9 Å². The molecule has 0 atom stereocenters. The zero-order valence-electron chi connectivity index (χ0n) is 15.7. The third kappa shape index (κ3) is 4.38. The van der Waals surface area contributed by atoms with Crippen LogP contribution >= 0.6 is 11.3 Å². The Labute approximate surface area is 171 Å². The van der Waals surface area contributed by atoms with Crippen LogP contribution in [0.2, 0.25) is 0 Å². The van der Waals surface area contributed by atoms with Gasteiger partial charge >= 0.3 is 10.9 Å². The van der Waals surface area contributed by atoms with Crippen LogP contribution in [-0.4, -0.2) is 12.6 Å². The lowest BCUT2D eigenvalue weighted by Crippen LogP contribution is -2.17. The van der Waals surface area contributed by atoms with Crippen LogP contribution in [-0.2, 0) is 11.2 Å². The third-order valence-corrected chi connectivity index (χ3v) is 5.18. The number of rotatable bonds is 6. The summed E-state index contributed by atoms with van der Waals surface area (Å²) in [7, 11) is 0. The minimum Gasteiger partial charge on any atom is -0.482 e. The van der Waals surface area contributed by atoms with E-state index in [1.54, 1.807) is 12.1 Å². The lowest BCUT2D eigenvalue weighted by molar-refractivity contribution is -0.136. The van der Waals surface area contributed by atoms with Crippen molar-refractivity contribution in [3.63, 3.8) is 0 Å². The van der Waals surface area contributed by atoms with E-state index < -0.39 is 10.9 Å². The third-order valence-electron chi connectivity index (χ3n) is 4.41. The van der Waals surface area contributed by atoms with Gasteiger partial charge in [0.1, 0.15) is 11.5 Å². The Morgan fingerprint density at radius 1 is 1.00 bits per heavy atom. The van der Waals surface area contributed by atoms with Crippen molar-refractivity contribution >= 4 is 27.6 Å². The summed E-state index contributed by atoms with van der Waals surface area (Å²) in [4.78, 5) is 23.6. The monoisotopic (exact) mass is 406 g/mol. The number of ether oxygens (including phenoxy) is 2. The number of hydrogen-bond donors (Lipinski definition) is 0. The van der Waals surface area contributed by atoms with Crippen molar-refractivity contribution in [1.82, 2.24) is 0 Å². The Bertz CT molecular complexity index is 1190. The molecule has 0 saturated carbocycles. The average molecular weight is 406 g/mol. The quantitative estimate of drug-likeness (QED) is 0.330. The summed E-state index contributed by atoms with van der Waals surface area (Å²) in [5.74, 6) is 0.412. The molecule has 1 aromatic heterocycles. The fraction of sp³-hybridized carbons (Fsp3) is 0.130. The Hall–Kier alpha value is -3.38. The van der Waals surface area contributed by atoms with Crippen LogP contribution < -0.4 is 14.4 Å². The molecular weight excluding hydrogens is 388 g/mol. The second-order valence-electron chi connectivity index (χ2n) is 6.38. The highest BCUT2D eigenvalue weighted by Crippen LogP contribution is 2.34. The van der Waals surface area contributed by atoms with E-state index in [9.17, 15) is 9.59 Å². The lowest BCUT2D eigenvalue weighted by atomic mass is 10.0. The van der Waals surface area contributed by atoms with Crippen LogP contribution in [0, 0.1) is 0 Å². The Morgan fingerprint density at radius 3 is 2.48 bits per heavy atom. The van der Waals surface area contributed by atoms with E-state index in [-0.39, 0.29) is 6.61 Å². The topological polar surface area (TPSA) is 65.7 Å². The summed E-state index contributed by atoms with van der Waals surface area (Å²) >= 11 is 0.971. The molecule has 0 radical (unpaired) electrons. The SMILES string of the molecule is CCc1ccc(OCC(=O)Oc2cc(-c3ccccc3)c3oc(=O)sc3c2)cc1. The first kappa shape index (κ1) is 19.0. The summed E-state index contributed by atoms with van der Waals surface area (Å²) < 4.78 is 16.9. The van der Waals surface area contributed by atoms with E-state index in [1.807, 2.05) is 54.6 Å². The van der Waals surface area contributed by atoms with Gasteiger partial charge in [-0.3, -0.25) is 0 Å². The van der Waals surface area contributed by atoms with Gasteiger partial charge in [-0.05, 0) is 35.7 Å². The molecule has 0 unspecified atom stereocenters. The van der Waals surface area contributed by atoms with Crippen LogP contribution in [0.3, 0.4) is 0 Å². The normalized spacial score (nSPS) is 10.8. The first-order valence-electron chi connectivity index (χ1n) is 9.18. The van der Waals surface area contributed by atoms with Crippen molar-refractivity contribution < 1.29 is 18.7 Å². The van der Waals surface area contributed by atoms with Gasteiger partial charge in [-0.2, -0.15) is 0 Å². The predicted octanol–water partition coefficient (Wildman–Crippen LogP) is 5.07. The molecule has 0 N–H and O–H groups in total. The molecule has 0 spiro atoms. The van der Waals surface area contributed by atoms with Gasteiger partial charge in [-0.15, -0.1) is 0 Å². The van der Waals surface area contributed by atoms with E-state index >= 15 is 0 Å². The molecule has 4 rings (SSSR count). The molecule has 3 aromatic carbocycles. The Kier molecular flexibility index (Phi) is 5.44. The van der Waals surface area contributed by atoms with Crippen molar-refractivity contribution in [3.05, 3.63) is 82.0 Å². The molecule has 1 heterocycles. The van der Waals surface area contributed by atoms with E-state index in [0.717, 1.165) is 23.3 Å². The number of benzene rings is 3. The lowest BCUT2D eigenvalue weighted by Gasteiger charge is -2.09. The molecular formula is C23H18O5S. The molecule has 6 heteroatoms. The molecule has 5 nitrogen and oxygen atoms in total. The van der Waals surface area contributed by atoms with Crippen LogP contribution in [0.1, 0.15) is 12.5 Å². The summed E-state index contributed by atoms with van der Waals surface area (Å²) in [6, 6.07) is 20.4. The highest BCUT2D eigenvalue weighted by molar-refractivity contribution is 7.16. The maximum atomic E-state index is 12.3. The van der Waals surface area contributed by atoms with Crippen molar-refractivity contribution in [1.29, 1.82) is 0 Å². The molecule has 0 amide bonds. The van der Waals surface area contributed by atoms with E-state index in [0.29, 0.717) is 27.3 Å². The maximum Gasteiger partial charge on any atom is 0.396 e. The fourth-order valence-electron chi connectivity index (χ4n) is 2.97. The molecule has 146 valence electrons. The van der Waals surface area contributed by atoms with Gasteiger partial charge in [-0.1, -0.05) is 60.7 Å². The minimum absolute atomic E-state index is 0.216. The smallest absolute Gasteiger partial charge is 0.396 e. The molecule has 0 aliphatic carbocycles. The number of hydrogen-bond acceptors (Lipinski definition) is 6. The minimum atomic E-state index is -0.529. The Morgan fingerprint density at radius 2 is 1.76 bits per heavy atom. The largest absolute Gasteiger partial charge is 0.482 e. The summed E-state index contributed by atoms with van der Waals surface area (Å²) in [6.45, 7) is 1.86. The number of aryl methyl sites for hydroxylation is 1. The van der Waals surface area contributed by atoms with Gasteiger partial charge in [0.15, 0.2) is 12.2 Å². The molecule has 4 aromatic rings. The molecule has 29 heavy (non-hydrogen) atoms. The second-order valence-corrected chi connectivity index (χ2v) is 7.36. The van der Waals surface area contributed by atoms with Crippen LogP contribution in [0.5, 0.6) is 11.5 Å². The zero-order chi connectivity index (χ0) is 20.2. The van der Waals surface area contributed by atoms with E-state index in [1.165, 1.54) is 5.56 Å². The Balaban J connectivity index is 1.54. The van der Waals surface area contributed by atoms with Crippen molar-refractivity contribution in [3.8, 4) is 22.6 Å². The zero-order valence-corrected chi connectivity index (χ0v) is 16.5. The standard InChI is InChI=1S/C23H18O5S/c1-2-15-8-10-17(11-9-15)26-14-21(24)27-18-12-19(16-6-4-3-5-7-16)22-20(13-18)29-23(25)28-22/h3-13H,2,14H2,1H3. The number of fused-ring (bicyclic) bond motifs is 1. The second kappa shape index (κ2) is 8.32. The van der Waals surface area contributed by atoms with E-state index in [2.05, 4.69) is 6.92 Å². The molecule has 0 saturated heterocycles. The van der Waals surface area contributed by atoms with Gasteiger partial charge in [0.05, 0.1) is 4.70 Å². The molecule has 0 aliphatic heterocycles. The van der Waals surface area contributed by atoms with Crippen LogP contribution in [0.4, 0.5) is 0 Å². The van der Waals surface area contributed by atoms with Gasteiger partial charge in [-0.25, -0.2) is 9.59 Å². The average Bonchev–Trinajstić information content (AvgIpc) is 3.12. The number of carbonyl (C=O) groups is 1. The van der Waals surface area contributed by atoms with Crippen LogP contribution in [0.25, 0.3) is 21.4 Å². The summed E-state index contributed by atoms with van der Waals surface area (Å²) in [6.07, 6.45) is 0.939. The van der Waals surface area contributed by atoms with Gasteiger partial charge < -0.3 is 13.9 Å². The highest BCUT2D eigenvalue weighted by Gasteiger charge is 2.15.